The molecule has 1 fully saturated rings. The Morgan fingerprint density at radius 3 is 2.73 bits per heavy atom. The molecule has 1 aliphatic rings. The Balaban J connectivity index is 2.13. The number of nitrogens with one attached hydrogen (secondary N) is 1. The van der Waals surface area contributed by atoms with Crippen molar-refractivity contribution >= 4 is 5.84 Å². The van der Waals surface area contributed by atoms with Crippen LogP contribution in [0.3, 0.4) is 0 Å². The van der Waals surface area contributed by atoms with Crippen molar-refractivity contribution in [3.05, 3.63) is 0 Å². The van der Waals surface area contributed by atoms with Crippen LogP contribution in [0.1, 0.15) is 19.3 Å². The molecule has 1 rings (SSSR count). The van der Waals surface area contributed by atoms with Crippen LogP contribution in [0.2, 0.25) is 0 Å². The predicted octanol–water partition coefficient (Wildman–Crippen LogP) is -0.746. The van der Waals surface area contributed by atoms with Gasteiger partial charge < -0.3 is 26.1 Å². The van der Waals surface area contributed by atoms with Gasteiger partial charge in [-0.05, 0) is 0 Å². The molecule has 1 saturated heterocycles. The van der Waals surface area contributed by atoms with Gasteiger partial charge in [0, 0.05) is 45.6 Å². The van der Waals surface area contributed by atoms with Crippen LogP contribution in [-0.4, -0.2) is 48.1 Å². The highest BCUT2D eigenvalue weighted by Gasteiger charge is 2.28. The van der Waals surface area contributed by atoms with E-state index in [1.807, 2.05) is 0 Å². The first-order valence-electron chi connectivity index (χ1n) is 5.13. The van der Waals surface area contributed by atoms with Crippen LogP contribution in [0.15, 0.2) is 5.16 Å². The smallest absolute Gasteiger partial charge is 0.140 e. The monoisotopic (exact) mass is 217 g/mol. The molecule has 0 amide bonds. The molecule has 0 bridgehead atoms. The lowest BCUT2D eigenvalue weighted by atomic mass is 9.94. The summed E-state index contributed by atoms with van der Waals surface area (Å²) in [6.07, 6.45) is 1.79. The molecule has 0 aromatic rings. The lowest BCUT2D eigenvalue weighted by Crippen LogP contribution is -2.45. The maximum atomic E-state index is 10.0. The molecule has 6 nitrogen and oxygen atoms in total. The van der Waals surface area contributed by atoms with Gasteiger partial charge in [0.2, 0.25) is 0 Å². The number of ether oxygens (including phenoxy) is 1. The Hall–Kier alpha value is -0.850. The van der Waals surface area contributed by atoms with E-state index in [4.69, 9.17) is 15.7 Å². The molecule has 0 spiro atoms. The van der Waals surface area contributed by atoms with Gasteiger partial charge in [0.25, 0.3) is 0 Å². The summed E-state index contributed by atoms with van der Waals surface area (Å²) < 4.78 is 5.17. The van der Waals surface area contributed by atoms with Crippen molar-refractivity contribution in [1.82, 2.24) is 5.32 Å². The van der Waals surface area contributed by atoms with Gasteiger partial charge in [-0.2, -0.15) is 0 Å². The summed E-state index contributed by atoms with van der Waals surface area (Å²) in [5, 5.41) is 24.3. The maximum absolute atomic E-state index is 10.0. The van der Waals surface area contributed by atoms with E-state index in [1.54, 1.807) is 0 Å². The highest BCUT2D eigenvalue weighted by molar-refractivity contribution is 5.79. The van der Waals surface area contributed by atoms with E-state index >= 15 is 0 Å². The van der Waals surface area contributed by atoms with E-state index in [0.29, 0.717) is 45.6 Å². The summed E-state index contributed by atoms with van der Waals surface area (Å²) >= 11 is 0. The van der Waals surface area contributed by atoms with Gasteiger partial charge in [-0.3, -0.25) is 0 Å². The van der Waals surface area contributed by atoms with E-state index in [0.717, 1.165) is 0 Å². The number of amidine groups is 1. The summed E-state index contributed by atoms with van der Waals surface area (Å²) in [6, 6.07) is 0. The summed E-state index contributed by atoms with van der Waals surface area (Å²) in [7, 11) is 0. The van der Waals surface area contributed by atoms with Gasteiger partial charge in [-0.1, -0.05) is 5.16 Å². The second kappa shape index (κ2) is 5.89. The average molecular weight is 217 g/mol. The van der Waals surface area contributed by atoms with Gasteiger partial charge in [0.05, 0.1) is 5.60 Å². The molecular formula is C9H19N3O3. The van der Waals surface area contributed by atoms with Gasteiger partial charge in [0.1, 0.15) is 5.84 Å². The van der Waals surface area contributed by atoms with Crippen LogP contribution in [-0.2, 0) is 4.74 Å². The van der Waals surface area contributed by atoms with Crippen molar-refractivity contribution in [2.75, 3.05) is 26.3 Å². The molecular weight excluding hydrogens is 198 g/mol. The van der Waals surface area contributed by atoms with Crippen LogP contribution in [0.5, 0.6) is 0 Å². The number of nitrogens with zero attached hydrogens (tertiary/aromatic N) is 1. The molecule has 88 valence electrons. The molecule has 0 aromatic carbocycles. The lowest BCUT2D eigenvalue weighted by molar-refractivity contribution is -0.0613. The quantitative estimate of drug-likeness (QED) is 0.160. The first kappa shape index (κ1) is 12.2. The van der Waals surface area contributed by atoms with Gasteiger partial charge in [-0.15, -0.1) is 0 Å². The highest BCUT2D eigenvalue weighted by Crippen LogP contribution is 2.18. The van der Waals surface area contributed by atoms with Crippen LogP contribution in [0.4, 0.5) is 0 Å². The number of aliphatic hydroxyl groups is 1. The fraction of sp³-hybridized carbons (Fsp3) is 0.889. The molecule has 1 heterocycles. The van der Waals surface area contributed by atoms with Crippen LogP contribution in [0.25, 0.3) is 0 Å². The number of oxime groups is 1. The first-order chi connectivity index (χ1) is 7.16. The Kier molecular flexibility index (Phi) is 4.80. The average Bonchev–Trinajstić information content (AvgIpc) is 2.25. The Morgan fingerprint density at radius 2 is 2.13 bits per heavy atom. The third-order valence-electron chi connectivity index (χ3n) is 2.56. The molecule has 0 saturated carbocycles. The van der Waals surface area contributed by atoms with Crippen molar-refractivity contribution in [3.8, 4) is 0 Å². The summed E-state index contributed by atoms with van der Waals surface area (Å²) in [5.74, 6) is 0.196. The van der Waals surface area contributed by atoms with Crippen molar-refractivity contribution in [1.29, 1.82) is 0 Å². The standard InChI is InChI=1S/C9H19N3O3/c10-8(12-14)1-4-11-7-9(13)2-5-15-6-3-9/h11,13-14H,1-7H2,(H2,10,12). The minimum Gasteiger partial charge on any atom is -0.409 e. The zero-order valence-electron chi connectivity index (χ0n) is 8.78. The van der Waals surface area contributed by atoms with Crippen LogP contribution < -0.4 is 11.1 Å². The fourth-order valence-electron chi connectivity index (χ4n) is 1.52. The molecule has 6 heteroatoms. The zero-order valence-corrected chi connectivity index (χ0v) is 8.78. The Morgan fingerprint density at radius 1 is 1.47 bits per heavy atom. The molecule has 1 aliphatic heterocycles. The second-order valence-corrected chi connectivity index (χ2v) is 3.85. The molecule has 0 unspecified atom stereocenters. The van der Waals surface area contributed by atoms with Gasteiger partial charge in [0.15, 0.2) is 0 Å². The summed E-state index contributed by atoms with van der Waals surface area (Å²) in [6.45, 7) is 2.34. The first-order valence-corrected chi connectivity index (χ1v) is 5.13. The number of rotatable bonds is 5. The van der Waals surface area contributed by atoms with Crippen molar-refractivity contribution in [2.45, 2.75) is 24.9 Å². The minimum absolute atomic E-state index is 0.196. The van der Waals surface area contributed by atoms with Gasteiger partial charge >= 0.3 is 0 Å². The second-order valence-electron chi connectivity index (χ2n) is 3.85. The van der Waals surface area contributed by atoms with E-state index in [1.165, 1.54) is 0 Å². The molecule has 0 radical (unpaired) electrons. The molecule has 5 N–H and O–H groups in total. The summed E-state index contributed by atoms with van der Waals surface area (Å²) in [4.78, 5) is 0. The maximum Gasteiger partial charge on any atom is 0.140 e. The zero-order chi connectivity index (χ0) is 11.1. The third kappa shape index (κ3) is 4.46. The number of nitrogens with two attached hydrogens (primary N) is 1. The highest BCUT2D eigenvalue weighted by atomic mass is 16.5. The summed E-state index contributed by atoms with van der Waals surface area (Å²) in [5.41, 5.74) is 4.64. The fourth-order valence-corrected chi connectivity index (χ4v) is 1.52. The minimum atomic E-state index is -0.663. The van der Waals surface area contributed by atoms with Gasteiger partial charge in [-0.25, -0.2) is 0 Å². The van der Waals surface area contributed by atoms with Crippen molar-refractivity contribution < 1.29 is 15.1 Å². The van der Waals surface area contributed by atoms with Crippen LogP contribution in [0, 0.1) is 0 Å². The molecule has 0 aromatic heterocycles. The SMILES string of the molecule is NC(CCNCC1(O)CCOCC1)=NO. The third-order valence-corrected chi connectivity index (χ3v) is 2.56. The van der Waals surface area contributed by atoms with E-state index < -0.39 is 5.60 Å². The molecule has 0 aliphatic carbocycles. The van der Waals surface area contributed by atoms with Crippen LogP contribution >= 0.6 is 0 Å². The van der Waals surface area contributed by atoms with Crippen molar-refractivity contribution in [3.63, 3.8) is 0 Å². The molecule has 0 atom stereocenters. The lowest BCUT2D eigenvalue weighted by Gasteiger charge is -2.32. The normalized spacial score (nSPS) is 21.5. The van der Waals surface area contributed by atoms with E-state index in [9.17, 15) is 5.11 Å². The predicted molar refractivity (Wildman–Crippen MR) is 55.9 cm³/mol. The van der Waals surface area contributed by atoms with E-state index in [-0.39, 0.29) is 5.84 Å². The Labute approximate surface area is 89.1 Å². The number of hydrogen-bond acceptors (Lipinski definition) is 5. The largest absolute Gasteiger partial charge is 0.409 e. The number of hydrogen-bond donors (Lipinski definition) is 4. The molecule has 15 heavy (non-hydrogen) atoms. The van der Waals surface area contributed by atoms with E-state index in [2.05, 4.69) is 10.5 Å². The topological polar surface area (TPSA) is 100 Å². The van der Waals surface area contributed by atoms with Crippen molar-refractivity contribution in [2.24, 2.45) is 10.9 Å². The Bertz CT molecular complexity index is 215.